The van der Waals surface area contributed by atoms with Crippen molar-refractivity contribution >= 4 is 45.2 Å². The van der Waals surface area contributed by atoms with Gasteiger partial charge in [-0.05, 0) is 83.2 Å². The molecule has 1 aromatic carbocycles. The van der Waals surface area contributed by atoms with Gasteiger partial charge in [-0.25, -0.2) is 0 Å². The highest BCUT2D eigenvalue weighted by atomic mass is 127. The van der Waals surface area contributed by atoms with E-state index in [0.717, 1.165) is 32.3 Å². The largest absolute Gasteiger partial charge is 0.507 e. The summed E-state index contributed by atoms with van der Waals surface area (Å²) in [5.74, 6) is 0.342. The van der Waals surface area contributed by atoms with Gasteiger partial charge in [-0.15, -0.1) is 0 Å². The summed E-state index contributed by atoms with van der Waals surface area (Å²) in [6.45, 7) is 4.08. The monoisotopic (exact) mass is 516 g/mol. The zero-order valence-corrected chi connectivity index (χ0v) is 16.3. The lowest BCUT2D eigenvalue weighted by atomic mass is 10.1. The number of nitrogens with zero attached hydrogens (tertiary/aromatic N) is 1. The zero-order valence-electron chi connectivity index (χ0n) is 12.0. The van der Waals surface area contributed by atoms with Crippen LogP contribution in [0.4, 0.5) is 0 Å². The van der Waals surface area contributed by atoms with Crippen LogP contribution in [0.25, 0.3) is 0 Å². The summed E-state index contributed by atoms with van der Waals surface area (Å²) in [5, 5.41) is 23.4. The Morgan fingerprint density at radius 3 is 2.62 bits per heavy atom. The number of aromatic hydroxyl groups is 1. The maximum atomic E-state index is 10.1. The Labute approximate surface area is 153 Å². The van der Waals surface area contributed by atoms with Crippen LogP contribution in [0.15, 0.2) is 12.1 Å². The minimum atomic E-state index is -0.355. The number of rotatable bonds is 6. The van der Waals surface area contributed by atoms with Gasteiger partial charge in [0, 0.05) is 28.8 Å². The molecule has 0 amide bonds. The van der Waals surface area contributed by atoms with Gasteiger partial charge >= 0.3 is 0 Å². The average Bonchev–Trinajstić information content (AvgIpc) is 2.45. The lowest BCUT2D eigenvalue weighted by Gasteiger charge is -2.28. The third-order valence-electron chi connectivity index (χ3n) is 3.72. The number of likely N-dealkylation sites (tertiary alicyclic amines) is 1. The Morgan fingerprint density at radius 2 is 1.90 bits per heavy atom. The smallest absolute Gasteiger partial charge is 0.133 e. The van der Waals surface area contributed by atoms with Crippen LogP contribution in [0.1, 0.15) is 24.8 Å². The number of phenols is 1. The fourth-order valence-corrected chi connectivity index (χ4v) is 4.60. The summed E-state index contributed by atoms with van der Waals surface area (Å²) in [6, 6.07) is 3.92. The van der Waals surface area contributed by atoms with Crippen molar-refractivity contribution in [1.82, 2.24) is 10.2 Å². The fourth-order valence-electron chi connectivity index (χ4n) is 2.63. The highest BCUT2D eigenvalue weighted by Gasteiger charge is 2.14. The molecule has 0 radical (unpaired) electrons. The normalized spacial score (nSPS) is 17.9. The number of β-amino-alcohol motifs (C(OH)–C–C–N with tert-alkyl or cyclic N) is 1. The van der Waals surface area contributed by atoms with Gasteiger partial charge in [0.15, 0.2) is 0 Å². The molecule has 4 nitrogen and oxygen atoms in total. The highest BCUT2D eigenvalue weighted by Crippen LogP contribution is 2.26. The fraction of sp³-hybridized carbons (Fsp3) is 0.600. The number of aliphatic hydroxyl groups is 1. The average molecular weight is 516 g/mol. The van der Waals surface area contributed by atoms with Gasteiger partial charge in [0.2, 0.25) is 0 Å². The van der Waals surface area contributed by atoms with Crippen molar-refractivity contribution in [3.8, 4) is 5.75 Å². The summed E-state index contributed by atoms with van der Waals surface area (Å²) < 4.78 is 1.98. The number of hydrogen-bond donors (Lipinski definition) is 3. The number of nitrogens with one attached hydrogen (secondary N) is 1. The molecule has 6 heteroatoms. The van der Waals surface area contributed by atoms with Crippen molar-refractivity contribution in [3.05, 3.63) is 24.8 Å². The summed E-state index contributed by atoms with van der Waals surface area (Å²) in [4.78, 5) is 2.34. The van der Waals surface area contributed by atoms with Gasteiger partial charge in [0.05, 0.1) is 9.67 Å². The maximum Gasteiger partial charge on any atom is 0.133 e. The van der Waals surface area contributed by atoms with E-state index in [1.54, 1.807) is 0 Å². The van der Waals surface area contributed by atoms with Crippen LogP contribution >= 0.6 is 45.2 Å². The highest BCUT2D eigenvalue weighted by molar-refractivity contribution is 14.1. The Hall–Kier alpha value is 0.360. The molecule has 2 rings (SSSR count). The molecule has 1 fully saturated rings. The third-order valence-corrected chi connectivity index (χ3v) is 5.17. The molecule has 1 aliphatic rings. The minimum absolute atomic E-state index is 0.342. The Kier molecular flexibility index (Phi) is 7.47. The zero-order chi connectivity index (χ0) is 15.2. The van der Waals surface area contributed by atoms with Gasteiger partial charge in [-0.2, -0.15) is 0 Å². The molecule has 0 aliphatic carbocycles. The van der Waals surface area contributed by atoms with Crippen LogP contribution in [-0.4, -0.2) is 47.4 Å². The van der Waals surface area contributed by atoms with Gasteiger partial charge in [0.1, 0.15) is 5.75 Å². The van der Waals surface area contributed by atoms with Gasteiger partial charge < -0.3 is 20.4 Å². The molecule has 0 aromatic heterocycles. The molecule has 0 spiro atoms. The molecule has 0 saturated carbocycles. The van der Waals surface area contributed by atoms with E-state index in [0.29, 0.717) is 18.8 Å². The molecule has 3 N–H and O–H groups in total. The predicted molar refractivity (Wildman–Crippen MR) is 102 cm³/mol. The van der Waals surface area contributed by atoms with E-state index in [1.165, 1.54) is 19.3 Å². The van der Waals surface area contributed by atoms with Crippen LogP contribution in [0.5, 0.6) is 5.75 Å². The lowest BCUT2D eigenvalue weighted by Crippen LogP contribution is -2.40. The van der Waals surface area contributed by atoms with Crippen molar-refractivity contribution < 1.29 is 10.2 Å². The second-order valence-electron chi connectivity index (χ2n) is 5.54. The lowest BCUT2D eigenvalue weighted by molar-refractivity contribution is 0.0999. The molecule has 1 atom stereocenters. The summed E-state index contributed by atoms with van der Waals surface area (Å²) >= 11 is 4.39. The first-order valence-corrected chi connectivity index (χ1v) is 9.50. The van der Waals surface area contributed by atoms with Crippen LogP contribution in [0.2, 0.25) is 0 Å². The summed E-state index contributed by atoms with van der Waals surface area (Å²) in [7, 11) is 0. The second kappa shape index (κ2) is 8.85. The molecular weight excluding hydrogens is 494 g/mol. The molecule has 1 saturated heterocycles. The molecule has 1 aliphatic heterocycles. The number of piperidine rings is 1. The number of halogens is 2. The Balaban J connectivity index is 1.76. The van der Waals surface area contributed by atoms with Crippen LogP contribution < -0.4 is 5.32 Å². The van der Waals surface area contributed by atoms with Crippen molar-refractivity contribution in [2.24, 2.45) is 0 Å². The van der Waals surface area contributed by atoms with E-state index in [9.17, 15) is 10.2 Å². The molecular formula is C15H22I2N2O2. The van der Waals surface area contributed by atoms with Gasteiger partial charge in [-0.1, -0.05) is 6.42 Å². The summed E-state index contributed by atoms with van der Waals surface area (Å²) in [5.41, 5.74) is 0.886. The first kappa shape index (κ1) is 17.7. The van der Waals surface area contributed by atoms with Gasteiger partial charge in [-0.3, -0.25) is 0 Å². The van der Waals surface area contributed by atoms with E-state index in [1.807, 2.05) is 12.1 Å². The van der Waals surface area contributed by atoms with E-state index >= 15 is 0 Å². The number of hydrogen-bond acceptors (Lipinski definition) is 4. The van der Waals surface area contributed by atoms with E-state index in [4.69, 9.17) is 0 Å². The second-order valence-corrected chi connectivity index (χ2v) is 7.95. The standard InChI is InChI=1S/C15H22I2N2O2/c16-12-6-11(15(21)14(17)7-12)8-18-9-13(20)10-19-4-2-1-3-5-19/h6-7,13,18,20-21H,1-5,8-10H2. The predicted octanol–water partition coefficient (Wildman–Crippen LogP) is 2.54. The van der Waals surface area contributed by atoms with Crippen molar-refractivity contribution in [2.75, 3.05) is 26.2 Å². The van der Waals surface area contributed by atoms with Gasteiger partial charge in [0.25, 0.3) is 0 Å². The van der Waals surface area contributed by atoms with Crippen LogP contribution in [0, 0.1) is 7.14 Å². The molecule has 0 bridgehead atoms. The number of aliphatic hydroxyl groups excluding tert-OH is 1. The summed E-state index contributed by atoms with van der Waals surface area (Å²) in [6.07, 6.45) is 3.45. The SMILES string of the molecule is Oc1c(I)cc(I)cc1CNCC(O)CN1CCCCC1. The third kappa shape index (κ3) is 5.81. The molecule has 1 aromatic rings. The molecule has 1 unspecified atom stereocenters. The first-order chi connectivity index (χ1) is 10.1. The molecule has 1 heterocycles. The maximum absolute atomic E-state index is 10.1. The van der Waals surface area contributed by atoms with Crippen molar-refractivity contribution in [1.29, 1.82) is 0 Å². The van der Waals surface area contributed by atoms with E-state index in [2.05, 4.69) is 55.4 Å². The molecule has 118 valence electrons. The minimum Gasteiger partial charge on any atom is -0.507 e. The van der Waals surface area contributed by atoms with Crippen LogP contribution in [0.3, 0.4) is 0 Å². The molecule has 21 heavy (non-hydrogen) atoms. The number of benzene rings is 1. The topological polar surface area (TPSA) is 55.7 Å². The van der Waals surface area contributed by atoms with E-state index < -0.39 is 0 Å². The Bertz CT molecular complexity index is 465. The van der Waals surface area contributed by atoms with Crippen molar-refractivity contribution in [3.63, 3.8) is 0 Å². The quantitative estimate of drug-likeness (QED) is 0.510. The van der Waals surface area contributed by atoms with Crippen molar-refractivity contribution in [2.45, 2.75) is 31.9 Å². The number of phenolic OH excluding ortho intramolecular Hbond substituents is 1. The Morgan fingerprint density at radius 1 is 1.19 bits per heavy atom. The van der Waals surface area contributed by atoms with E-state index in [-0.39, 0.29) is 6.10 Å². The van der Waals surface area contributed by atoms with Crippen LogP contribution in [-0.2, 0) is 6.54 Å². The first-order valence-electron chi connectivity index (χ1n) is 7.34.